The van der Waals surface area contributed by atoms with Crippen LogP contribution in [0.3, 0.4) is 0 Å². The van der Waals surface area contributed by atoms with E-state index in [9.17, 15) is 4.39 Å². The van der Waals surface area contributed by atoms with E-state index < -0.39 is 0 Å². The molecule has 0 fully saturated rings. The molecule has 0 aromatic heterocycles. The normalized spacial score (nSPS) is 10.1. The van der Waals surface area contributed by atoms with Crippen LogP contribution in [-0.4, -0.2) is 19.8 Å². The maximum absolute atomic E-state index is 13.0. The van der Waals surface area contributed by atoms with Crippen molar-refractivity contribution in [2.24, 2.45) is 0 Å². The molecule has 0 saturated carbocycles. The Balaban J connectivity index is 2.21. The highest BCUT2D eigenvalue weighted by Crippen LogP contribution is 2.15. The lowest BCUT2D eigenvalue weighted by Gasteiger charge is -2.06. The highest BCUT2D eigenvalue weighted by Gasteiger charge is 1.99. The molecule has 2 nitrogen and oxygen atoms in total. The van der Waals surface area contributed by atoms with Gasteiger partial charge in [-0.05, 0) is 19.1 Å². The minimum Gasteiger partial charge on any atom is -0.490 e. The van der Waals surface area contributed by atoms with Crippen LogP contribution < -0.4 is 4.74 Å². The number of benzene rings is 1. The Morgan fingerprint density at radius 2 is 2.00 bits per heavy atom. The summed E-state index contributed by atoms with van der Waals surface area (Å²) in [5.41, 5.74) is 0. The summed E-state index contributed by atoms with van der Waals surface area (Å²) in [6.45, 7) is 3.79. The van der Waals surface area contributed by atoms with E-state index >= 15 is 0 Å². The summed E-state index contributed by atoms with van der Waals surface area (Å²) in [6, 6.07) is 6.40. The zero-order valence-electron chi connectivity index (χ0n) is 8.33. The molecule has 0 aliphatic carbocycles. The maximum atomic E-state index is 13.0. The number of ether oxygens (including phenoxy) is 2. The van der Waals surface area contributed by atoms with Crippen LogP contribution in [0.1, 0.15) is 13.3 Å². The van der Waals surface area contributed by atoms with Crippen molar-refractivity contribution < 1.29 is 13.9 Å². The van der Waals surface area contributed by atoms with E-state index in [1.165, 1.54) is 6.07 Å². The summed E-state index contributed by atoms with van der Waals surface area (Å²) in [5, 5.41) is 0. The van der Waals surface area contributed by atoms with Crippen LogP contribution in [0.15, 0.2) is 24.3 Å². The Kier molecular flexibility index (Phi) is 5.00. The molecule has 0 saturated heterocycles. The van der Waals surface area contributed by atoms with Crippen LogP contribution in [0.25, 0.3) is 0 Å². The Bertz CT molecular complexity index is 263. The molecule has 0 spiro atoms. The van der Waals surface area contributed by atoms with E-state index in [1.54, 1.807) is 18.2 Å². The van der Waals surface area contributed by atoms with Crippen LogP contribution in [0, 0.1) is 5.82 Å². The molecule has 0 atom stereocenters. The summed E-state index contributed by atoms with van der Waals surface area (Å²) in [6.07, 6.45) is 0.780. The van der Waals surface area contributed by atoms with Gasteiger partial charge in [-0.15, -0.1) is 0 Å². The molecule has 0 unspecified atom stereocenters. The molecule has 1 aromatic carbocycles. The third-order valence-electron chi connectivity index (χ3n) is 1.73. The van der Waals surface area contributed by atoms with Crippen molar-refractivity contribution in [3.05, 3.63) is 30.1 Å². The van der Waals surface area contributed by atoms with Gasteiger partial charge in [0.2, 0.25) is 0 Å². The number of hydrogen-bond acceptors (Lipinski definition) is 2. The largest absolute Gasteiger partial charge is 0.490 e. The Morgan fingerprint density at radius 3 is 2.71 bits per heavy atom. The first kappa shape index (κ1) is 11.0. The first-order chi connectivity index (χ1) is 6.84. The quantitative estimate of drug-likeness (QED) is 0.654. The second kappa shape index (κ2) is 6.38. The Morgan fingerprint density at radius 1 is 1.21 bits per heavy atom. The second-order valence-corrected chi connectivity index (χ2v) is 2.83. The minimum absolute atomic E-state index is 0.309. The molecule has 0 heterocycles. The molecular weight excluding hydrogens is 183 g/mol. The zero-order chi connectivity index (χ0) is 10.2. The smallest absolute Gasteiger partial charge is 0.165 e. The van der Waals surface area contributed by atoms with Gasteiger partial charge in [0.05, 0.1) is 6.61 Å². The SMILES string of the molecule is CCOCCCOc1ccccc1F. The van der Waals surface area contributed by atoms with Crippen LogP contribution in [-0.2, 0) is 4.74 Å². The van der Waals surface area contributed by atoms with Crippen LogP contribution in [0.4, 0.5) is 4.39 Å². The third-order valence-corrected chi connectivity index (χ3v) is 1.73. The van der Waals surface area contributed by atoms with E-state index in [0.29, 0.717) is 25.6 Å². The van der Waals surface area contributed by atoms with Gasteiger partial charge in [0.15, 0.2) is 11.6 Å². The van der Waals surface area contributed by atoms with E-state index in [-0.39, 0.29) is 5.82 Å². The van der Waals surface area contributed by atoms with Crippen molar-refractivity contribution in [2.75, 3.05) is 19.8 Å². The lowest BCUT2D eigenvalue weighted by molar-refractivity contribution is 0.130. The van der Waals surface area contributed by atoms with E-state index in [0.717, 1.165) is 6.42 Å². The summed E-state index contributed by atoms with van der Waals surface area (Å²) in [5.74, 6) is -0.00657. The lowest BCUT2D eigenvalue weighted by atomic mass is 10.3. The fourth-order valence-corrected chi connectivity index (χ4v) is 1.05. The molecule has 78 valence electrons. The van der Waals surface area contributed by atoms with Crippen LogP contribution in [0.5, 0.6) is 5.75 Å². The Labute approximate surface area is 83.6 Å². The number of rotatable bonds is 6. The van der Waals surface area contributed by atoms with Crippen molar-refractivity contribution in [1.82, 2.24) is 0 Å². The second-order valence-electron chi connectivity index (χ2n) is 2.83. The van der Waals surface area contributed by atoms with Gasteiger partial charge in [0, 0.05) is 19.6 Å². The fourth-order valence-electron chi connectivity index (χ4n) is 1.05. The van der Waals surface area contributed by atoms with Crippen molar-refractivity contribution >= 4 is 0 Å². The average molecular weight is 198 g/mol. The molecule has 1 rings (SSSR count). The Hall–Kier alpha value is -1.09. The minimum atomic E-state index is -0.316. The molecule has 0 bridgehead atoms. The summed E-state index contributed by atoms with van der Waals surface area (Å²) in [4.78, 5) is 0. The van der Waals surface area contributed by atoms with Crippen molar-refractivity contribution in [2.45, 2.75) is 13.3 Å². The lowest BCUT2D eigenvalue weighted by Crippen LogP contribution is -2.03. The van der Waals surface area contributed by atoms with Gasteiger partial charge in [0.25, 0.3) is 0 Å². The first-order valence-corrected chi connectivity index (χ1v) is 4.79. The fraction of sp³-hybridized carbons (Fsp3) is 0.455. The molecule has 0 radical (unpaired) electrons. The van der Waals surface area contributed by atoms with Crippen molar-refractivity contribution in [3.63, 3.8) is 0 Å². The topological polar surface area (TPSA) is 18.5 Å². The zero-order valence-corrected chi connectivity index (χ0v) is 8.33. The summed E-state index contributed by atoms with van der Waals surface area (Å²) >= 11 is 0. The molecule has 14 heavy (non-hydrogen) atoms. The van der Waals surface area contributed by atoms with Gasteiger partial charge in [-0.3, -0.25) is 0 Å². The number of halogens is 1. The van der Waals surface area contributed by atoms with Gasteiger partial charge in [-0.1, -0.05) is 12.1 Å². The maximum Gasteiger partial charge on any atom is 0.165 e. The monoisotopic (exact) mass is 198 g/mol. The number of para-hydroxylation sites is 1. The molecular formula is C11H15FO2. The predicted molar refractivity (Wildman–Crippen MR) is 53.0 cm³/mol. The molecule has 0 aliphatic rings. The summed E-state index contributed by atoms with van der Waals surface area (Å²) in [7, 11) is 0. The van der Waals surface area contributed by atoms with Gasteiger partial charge in [0.1, 0.15) is 0 Å². The highest BCUT2D eigenvalue weighted by molar-refractivity contribution is 5.23. The molecule has 3 heteroatoms. The van der Waals surface area contributed by atoms with E-state index in [1.807, 2.05) is 6.92 Å². The summed E-state index contributed by atoms with van der Waals surface area (Å²) < 4.78 is 23.4. The standard InChI is InChI=1S/C11H15FO2/c1-2-13-8-5-9-14-11-7-4-3-6-10(11)12/h3-4,6-7H,2,5,8-9H2,1H3. The third kappa shape index (κ3) is 3.75. The molecule has 1 aromatic rings. The molecule has 0 aliphatic heterocycles. The van der Waals surface area contributed by atoms with Crippen LogP contribution in [0.2, 0.25) is 0 Å². The molecule has 0 N–H and O–H groups in total. The predicted octanol–water partition coefficient (Wildman–Crippen LogP) is 2.63. The van der Waals surface area contributed by atoms with Gasteiger partial charge < -0.3 is 9.47 Å². The van der Waals surface area contributed by atoms with Gasteiger partial charge >= 0.3 is 0 Å². The van der Waals surface area contributed by atoms with Gasteiger partial charge in [-0.25, -0.2) is 4.39 Å². The van der Waals surface area contributed by atoms with Crippen molar-refractivity contribution in [3.8, 4) is 5.75 Å². The first-order valence-electron chi connectivity index (χ1n) is 4.79. The highest BCUT2D eigenvalue weighted by atomic mass is 19.1. The number of hydrogen-bond donors (Lipinski definition) is 0. The average Bonchev–Trinajstić information content (AvgIpc) is 2.20. The van der Waals surface area contributed by atoms with Gasteiger partial charge in [-0.2, -0.15) is 0 Å². The van der Waals surface area contributed by atoms with Crippen molar-refractivity contribution in [1.29, 1.82) is 0 Å². The molecule has 0 amide bonds. The van der Waals surface area contributed by atoms with Crippen LogP contribution >= 0.6 is 0 Å². The van der Waals surface area contributed by atoms with E-state index in [2.05, 4.69) is 0 Å². The van der Waals surface area contributed by atoms with E-state index in [4.69, 9.17) is 9.47 Å².